The predicted octanol–water partition coefficient (Wildman–Crippen LogP) is 12.2. The van der Waals surface area contributed by atoms with E-state index in [4.69, 9.17) is 14.4 Å². The lowest BCUT2D eigenvalue weighted by Gasteiger charge is -2.28. The predicted molar refractivity (Wildman–Crippen MR) is 208 cm³/mol. The van der Waals surface area contributed by atoms with Gasteiger partial charge in [0.1, 0.15) is 11.3 Å². The van der Waals surface area contributed by atoms with Crippen LogP contribution in [-0.2, 0) is 0 Å². The van der Waals surface area contributed by atoms with Gasteiger partial charge in [-0.1, -0.05) is 158 Å². The Kier molecular flexibility index (Phi) is 6.85. The first-order valence-corrected chi connectivity index (χ1v) is 17.3. The van der Waals surface area contributed by atoms with Crippen molar-refractivity contribution < 1.29 is 4.42 Å². The van der Waals surface area contributed by atoms with Gasteiger partial charge in [-0.3, -0.25) is 0 Å². The summed E-state index contributed by atoms with van der Waals surface area (Å²) in [4.78, 5) is 10.1. The van der Waals surface area contributed by atoms with Gasteiger partial charge in [0.15, 0.2) is 5.82 Å². The van der Waals surface area contributed by atoms with Crippen LogP contribution < -0.4 is 5.32 Å². The Morgan fingerprint density at radius 1 is 0.471 bits per heavy atom. The molecule has 0 saturated carbocycles. The first-order valence-electron chi connectivity index (χ1n) is 17.3. The molecule has 7 aromatic carbocycles. The fourth-order valence-corrected chi connectivity index (χ4v) is 7.42. The molecule has 9 aromatic rings. The van der Waals surface area contributed by atoms with Gasteiger partial charge >= 0.3 is 0 Å². The summed E-state index contributed by atoms with van der Waals surface area (Å²) in [5, 5.41) is 7.39. The summed E-state index contributed by atoms with van der Waals surface area (Å²) in [5.41, 5.74) is 12.6. The van der Waals surface area contributed by atoms with Crippen LogP contribution in [0.3, 0.4) is 0 Å². The zero-order valence-corrected chi connectivity index (χ0v) is 27.6. The lowest BCUT2D eigenvalue weighted by atomic mass is 9.87. The van der Waals surface area contributed by atoms with E-state index in [0.29, 0.717) is 5.82 Å². The third-order valence-electron chi connectivity index (χ3n) is 9.96. The Morgan fingerprint density at radius 2 is 1.04 bits per heavy atom. The fraction of sp³-hybridized carbons (Fsp3) is 0.0213. The smallest absolute Gasteiger partial charge is 0.160 e. The molecular formula is C47H31N3O. The highest BCUT2D eigenvalue weighted by molar-refractivity contribution is 6.06. The molecule has 4 heteroatoms. The van der Waals surface area contributed by atoms with E-state index in [9.17, 15) is 0 Å². The van der Waals surface area contributed by atoms with E-state index in [2.05, 4.69) is 151 Å². The molecule has 1 unspecified atom stereocenters. The Balaban J connectivity index is 1.06. The van der Waals surface area contributed by atoms with Gasteiger partial charge < -0.3 is 9.73 Å². The van der Waals surface area contributed by atoms with E-state index in [1.807, 2.05) is 30.3 Å². The van der Waals surface area contributed by atoms with Gasteiger partial charge in [-0.05, 0) is 45.7 Å². The number of fused-ring (bicyclic) bond motifs is 7. The second-order valence-corrected chi connectivity index (χ2v) is 13.0. The highest BCUT2D eigenvalue weighted by Crippen LogP contribution is 2.50. The minimum absolute atomic E-state index is 0.0877. The third-order valence-corrected chi connectivity index (χ3v) is 9.96. The zero-order chi connectivity index (χ0) is 33.7. The first-order chi connectivity index (χ1) is 25.3. The van der Waals surface area contributed by atoms with Crippen molar-refractivity contribution >= 4 is 27.4 Å². The van der Waals surface area contributed by atoms with Crippen LogP contribution in [0.1, 0.15) is 17.2 Å². The summed E-state index contributed by atoms with van der Waals surface area (Å²) >= 11 is 0. The van der Waals surface area contributed by atoms with Crippen LogP contribution in [0.5, 0.6) is 0 Å². The second kappa shape index (κ2) is 12.0. The van der Waals surface area contributed by atoms with E-state index >= 15 is 0 Å². The molecule has 0 spiro atoms. The third kappa shape index (κ3) is 5.08. The van der Waals surface area contributed by atoms with Crippen molar-refractivity contribution in [1.82, 2.24) is 9.97 Å². The standard InChI is InChI=1S/C47H31N3O/c1-3-11-30(12-4-1)31-19-21-33(22-20-31)40-29-41(50-47(49-40)36-14-5-2-6-15-36)34-23-25-35(26-24-34)45-44-38-17-9-10-18-42(38)51-46(44)43-37-16-8-7-13-32(37)27-28-39(43)48-45/h1-29,45,48H. The van der Waals surface area contributed by atoms with Gasteiger partial charge in [0.25, 0.3) is 0 Å². The molecule has 4 nitrogen and oxygen atoms in total. The average Bonchev–Trinajstić information content (AvgIpc) is 3.61. The van der Waals surface area contributed by atoms with Gasteiger partial charge in [-0.15, -0.1) is 0 Å². The van der Waals surface area contributed by atoms with E-state index in [1.54, 1.807) is 0 Å². The first kappa shape index (κ1) is 29.2. The molecule has 1 N–H and O–H groups in total. The number of para-hydroxylation sites is 1. The normalized spacial score (nSPS) is 13.5. The quantitative estimate of drug-likeness (QED) is 0.201. The van der Waals surface area contributed by atoms with Crippen molar-refractivity contribution in [3.63, 3.8) is 0 Å². The summed E-state index contributed by atoms with van der Waals surface area (Å²) < 4.78 is 6.66. The van der Waals surface area contributed by atoms with Crippen LogP contribution in [-0.4, -0.2) is 9.97 Å². The molecule has 240 valence electrons. The molecule has 0 radical (unpaired) electrons. The Hall–Kier alpha value is -6.78. The number of rotatable bonds is 5. The summed E-state index contributed by atoms with van der Waals surface area (Å²) in [6, 6.07) is 61.3. The van der Waals surface area contributed by atoms with Gasteiger partial charge in [0, 0.05) is 38.9 Å². The number of hydrogen-bond acceptors (Lipinski definition) is 4. The highest BCUT2D eigenvalue weighted by Gasteiger charge is 2.32. The van der Waals surface area contributed by atoms with Crippen molar-refractivity contribution in [1.29, 1.82) is 0 Å². The molecule has 0 fully saturated rings. The minimum atomic E-state index is -0.0877. The number of anilines is 1. The fourth-order valence-electron chi connectivity index (χ4n) is 7.42. The van der Waals surface area contributed by atoms with Gasteiger partial charge in [-0.25, -0.2) is 9.97 Å². The number of aromatic nitrogens is 2. The minimum Gasteiger partial charge on any atom is -0.456 e. The van der Waals surface area contributed by atoms with Crippen LogP contribution in [0, 0.1) is 0 Å². The number of nitrogens with one attached hydrogen (secondary N) is 1. The van der Waals surface area contributed by atoms with E-state index < -0.39 is 0 Å². The molecule has 2 aromatic heterocycles. The topological polar surface area (TPSA) is 51.0 Å². The Labute approximate surface area is 295 Å². The van der Waals surface area contributed by atoms with Crippen LogP contribution in [0.15, 0.2) is 180 Å². The van der Waals surface area contributed by atoms with Crippen LogP contribution in [0.4, 0.5) is 5.69 Å². The van der Waals surface area contributed by atoms with Gasteiger partial charge in [0.2, 0.25) is 0 Å². The maximum Gasteiger partial charge on any atom is 0.160 e. The highest BCUT2D eigenvalue weighted by atomic mass is 16.3. The molecular weight excluding hydrogens is 623 g/mol. The maximum atomic E-state index is 6.66. The van der Waals surface area contributed by atoms with Crippen LogP contribution in [0.25, 0.3) is 78.1 Å². The largest absolute Gasteiger partial charge is 0.456 e. The van der Waals surface area contributed by atoms with Crippen molar-refractivity contribution in [2.45, 2.75) is 6.04 Å². The number of hydrogen-bond donors (Lipinski definition) is 1. The lowest BCUT2D eigenvalue weighted by Crippen LogP contribution is -2.17. The summed E-state index contributed by atoms with van der Waals surface area (Å²) in [5.74, 6) is 1.63. The lowest BCUT2D eigenvalue weighted by molar-refractivity contribution is 0.623. The molecule has 1 aliphatic heterocycles. The summed E-state index contributed by atoms with van der Waals surface area (Å²) in [6.45, 7) is 0. The second-order valence-electron chi connectivity index (χ2n) is 13.0. The molecule has 51 heavy (non-hydrogen) atoms. The molecule has 0 saturated heterocycles. The SMILES string of the molecule is c1ccc(-c2ccc(-c3cc(-c4ccc(C5Nc6ccc7ccccc7c6-c6oc7ccccc7c65)cc4)nc(-c4ccccc4)n3)cc2)cc1. The zero-order valence-electron chi connectivity index (χ0n) is 27.6. The molecule has 0 bridgehead atoms. The van der Waals surface area contributed by atoms with Crippen LogP contribution >= 0.6 is 0 Å². The van der Waals surface area contributed by atoms with Crippen molar-refractivity contribution in [2.75, 3.05) is 5.32 Å². The van der Waals surface area contributed by atoms with E-state index in [0.717, 1.165) is 67.2 Å². The molecule has 1 aliphatic rings. The molecule has 0 aliphatic carbocycles. The molecule has 0 amide bonds. The van der Waals surface area contributed by atoms with Crippen molar-refractivity contribution in [3.8, 4) is 56.4 Å². The molecule has 3 heterocycles. The molecule has 10 rings (SSSR count). The number of nitrogens with zero attached hydrogens (tertiary/aromatic N) is 2. The van der Waals surface area contributed by atoms with Crippen LogP contribution in [0.2, 0.25) is 0 Å². The molecule has 1 atom stereocenters. The van der Waals surface area contributed by atoms with Crippen molar-refractivity contribution in [3.05, 3.63) is 187 Å². The van der Waals surface area contributed by atoms with E-state index in [1.165, 1.54) is 21.9 Å². The maximum absolute atomic E-state index is 6.66. The Morgan fingerprint density at radius 3 is 1.76 bits per heavy atom. The number of furan rings is 1. The summed E-state index contributed by atoms with van der Waals surface area (Å²) in [6.07, 6.45) is 0. The van der Waals surface area contributed by atoms with Gasteiger partial charge in [-0.2, -0.15) is 0 Å². The summed E-state index contributed by atoms with van der Waals surface area (Å²) in [7, 11) is 0. The average molecular weight is 654 g/mol. The number of benzene rings is 7. The van der Waals surface area contributed by atoms with Gasteiger partial charge in [0.05, 0.1) is 17.4 Å². The van der Waals surface area contributed by atoms with Crippen molar-refractivity contribution in [2.24, 2.45) is 0 Å². The monoisotopic (exact) mass is 653 g/mol. The Bertz CT molecular complexity index is 2700. The van der Waals surface area contributed by atoms with E-state index in [-0.39, 0.29) is 6.04 Å².